The molecule has 164 valence electrons. The minimum atomic E-state index is -0.565. The van der Waals surface area contributed by atoms with E-state index in [1.54, 1.807) is 37.8 Å². The van der Waals surface area contributed by atoms with E-state index in [0.29, 0.717) is 25.9 Å². The van der Waals surface area contributed by atoms with E-state index in [2.05, 4.69) is 26.6 Å². The lowest BCUT2D eigenvalue weighted by Gasteiger charge is -2.31. The number of nitrogens with zero attached hydrogens (tertiary/aromatic N) is 1. The molecule has 2 N–H and O–H groups in total. The second-order valence-corrected chi connectivity index (χ2v) is 9.15. The van der Waals surface area contributed by atoms with Gasteiger partial charge in [-0.3, -0.25) is 9.59 Å². The number of hydrogen-bond acceptors (Lipinski definition) is 4. The topological polar surface area (TPSA) is 87.7 Å². The second kappa shape index (κ2) is 11.2. The van der Waals surface area contributed by atoms with Crippen LogP contribution in [0.4, 0.5) is 4.79 Å². The number of carbonyl (C=O) groups excluding carboxylic acids is 3. The summed E-state index contributed by atoms with van der Waals surface area (Å²) in [4.78, 5) is 37.8. The zero-order valence-corrected chi connectivity index (χ0v) is 19.3. The van der Waals surface area contributed by atoms with Crippen LogP contribution in [0.5, 0.6) is 0 Å². The summed E-state index contributed by atoms with van der Waals surface area (Å²) in [6.45, 7) is 6.77. The molecule has 0 saturated carbocycles. The van der Waals surface area contributed by atoms with Gasteiger partial charge in [-0.15, -0.1) is 0 Å². The Labute approximate surface area is 186 Å². The first-order chi connectivity index (χ1) is 14.1. The fourth-order valence-electron chi connectivity index (χ4n) is 3.02. The highest BCUT2D eigenvalue weighted by Gasteiger charge is 2.23. The van der Waals surface area contributed by atoms with Gasteiger partial charge in [-0.25, -0.2) is 4.79 Å². The number of halogens is 1. The van der Waals surface area contributed by atoms with E-state index in [0.717, 1.165) is 10.0 Å². The number of nitrogens with one attached hydrogen (secondary N) is 2. The molecule has 0 bridgehead atoms. The third-order valence-electron chi connectivity index (χ3n) is 4.46. The van der Waals surface area contributed by atoms with Crippen LogP contribution in [0.2, 0.25) is 0 Å². The van der Waals surface area contributed by atoms with Gasteiger partial charge in [-0.1, -0.05) is 28.1 Å². The van der Waals surface area contributed by atoms with Crippen LogP contribution in [0.1, 0.15) is 45.6 Å². The molecule has 30 heavy (non-hydrogen) atoms. The number of amides is 3. The maximum Gasteiger partial charge on any atom is 0.407 e. The van der Waals surface area contributed by atoms with Crippen molar-refractivity contribution >= 4 is 39.9 Å². The fourth-order valence-corrected chi connectivity index (χ4v) is 3.44. The summed E-state index contributed by atoms with van der Waals surface area (Å²) in [6, 6.07) is 7.78. The molecule has 0 aromatic heterocycles. The van der Waals surface area contributed by atoms with E-state index in [9.17, 15) is 14.4 Å². The lowest BCUT2D eigenvalue weighted by molar-refractivity contribution is -0.127. The molecule has 8 heteroatoms. The van der Waals surface area contributed by atoms with Crippen molar-refractivity contribution in [3.63, 3.8) is 0 Å². The normalized spacial score (nSPS) is 15.1. The molecule has 1 aliphatic heterocycles. The molecule has 1 aliphatic rings. The molecule has 1 aromatic rings. The standard InChI is InChI=1S/C22H30BrN3O4/c1-22(2,3)30-21(29)24-12-9-19(27)25-18-10-13-26(14-11-18)20(28)8-7-16-5-4-6-17(23)15-16/h4-8,15,18H,9-14H2,1-3H3,(H,24,29)(H,25,27)/b8-7+. The maximum absolute atomic E-state index is 12.4. The van der Waals surface area contributed by atoms with Gasteiger partial charge in [0.05, 0.1) is 0 Å². The van der Waals surface area contributed by atoms with E-state index in [-0.39, 0.29) is 30.8 Å². The summed E-state index contributed by atoms with van der Waals surface area (Å²) >= 11 is 3.42. The Morgan fingerprint density at radius 3 is 2.57 bits per heavy atom. The Balaban J connectivity index is 1.67. The number of alkyl carbamates (subject to hydrolysis) is 1. The summed E-state index contributed by atoms with van der Waals surface area (Å²) in [6.07, 6.45) is 4.47. The second-order valence-electron chi connectivity index (χ2n) is 8.23. The number of ether oxygens (including phenoxy) is 1. The van der Waals surface area contributed by atoms with Crippen LogP contribution < -0.4 is 10.6 Å². The summed E-state index contributed by atoms with van der Waals surface area (Å²) in [5.41, 5.74) is 0.394. The van der Waals surface area contributed by atoms with Crippen molar-refractivity contribution in [1.82, 2.24) is 15.5 Å². The van der Waals surface area contributed by atoms with Gasteiger partial charge in [0.15, 0.2) is 0 Å². The van der Waals surface area contributed by atoms with E-state index in [1.807, 2.05) is 24.3 Å². The van der Waals surface area contributed by atoms with Crippen molar-refractivity contribution < 1.29 is 19.1 Å². The number of benzene rings is 1. The Bertz CT molecular complexity index is 781. The Morgan fingerprint density at radius 2 is 1.93 bits per heavy atom. The van der Waals surface area contributed by atoms with Crippen molar-refractivity contribution in [3.05, 3.63) is 40.4 Å². The first-order valence-corrected chi connectivity index (χ1v) is 10.9. The molecule has 2 rings (SSSR count). The Morgan fingerprint density at radius 1 is 1.23 bits per heavy atom. The molecule has 3 amide bonds. The average molecular weight is 480 g/mol. The molecule has 0 aliphatic carbocycles. The molecule has 1 saturated heterocycles. The van der Waals surface area contributed by atoms with Crippen LogP contribution in [0.15, 0.2) is 34.8 Å². The predicted octanol–water partition coefficient (Wildman–Crippen LogP) is 3.48. The van der Waals surface area contributed by atoms with Crippen molar-refractivity contribution in [1.29, 1.82) is 0 Å². The minimum Gasteiger partial charge on any atom is -0.444 e. The van der Waals surface area contributed by atoms with E-state index >= 15 is 0 Å². The largest absolute Gasteiger partial charge is 0.444 e. The van der Waals surface area contributed by atoms with Crippen LogP contribution in [0.25, 0.3) is 6.08 Å². The molecule has 7 nitrogen and oxygen atoms in total. The van der Waals surface area contributed by atoms with Gasteiger partial charge in [0, 0.05) is 42.6 Å². The van der Waals surface area contributed by atoms with Crippen LogP contribution >= 0.6 is 15.9 Å². The highest BCUT2D eigenvalue weighted by atomic mass is 79.9. The molecule has 1 aromatic carbocycles. The van der Waals surface area contributed by atoms with Gasteiger partial charge in [0.1, 0.15) is 5.60 Å². The highest BCUT2D eigenvalue weighted by Crippen LogP contribution is 2.14. The van der Waals surface area contributed by atoms with E-state index in [4.69, 9.17) is 4.74 Å². The van der Waals surface area contributed by atoms with Crippen LogP contribution in [-0.4, -0.2) is 54.1 Å². The van der Waals surface area contributed by atoms with Gasteiger partial charge in [-0.2, -0.15) is 0 Å². The quantitative estimate of drug-likeness (QED) is 0.611. The minimum absolute atomic E-state index is 0.0266. The Hall–Kier alpha value is -2.35. The van der Waals surface area contributed by atoms with Crippen LogP contribution in [0, 0.1) is 0 Å². The van der Waals surface area contributed by atoms with Crippen molar-refractivity contribution in [2.24, 2.45) is 0 Å². The molecular formula is C22H30BrN3O4. The predicted molar refractivity (Wildman–Crippen MR) is 120 cm³/mol. The molecule has 1 fully saturated rings. The molecule has 0 atom stereocenters. The SMILES string of the molecule is CC(C)(C)OC(=O)NCCC(=O)NC1CCN(C(=O)/C=C/c2cccc(Br)c2)CC1. The number of likely N-dealkylation sites (tertiary alicyclic amines) is 1. The van der Waals surface area contributed by atoms with Crippen molar-refractivity contribution in [2.75, 3.05) is 19.6 Å². The molecular weight excluding hydrogens is 450 g/mol. The van der Waals surface area contributed by atoms with Crippen molar-refractivity contribution in [3.8, 4) is 0 Å². The van der Waals surface area contributed by atoms with Gasteiger partial charge in [0.2, 0.25) is 11.8 Å². The number of rotatable bonds is 6. The fraction of sp³-hybridized carbons (Fsp3) is 0.500. The smallest absolute Gasteiger partial charge is 0.407 e. The van der Waals surface area contributed by atoms with Crippen LogP contribution in [-0.2, 0) is 14.3 Å². The van der Waals surface area contributed by atoms with Crippen LogP contribution in [0.3, 0.4) is 0 Å². The molecule has 1 heterocycles. The van der Waals surface area contributed by atoms with E-state index in [1.165, 1.54) is 0 Å². The molecule has 0 radical (unpaired) electrons. The van der Waals surface area contributed by atoms with Gasteiger partial charge < -0.3 is 20.3 Å². The van der Waals surface area contributed by atoms with Gasteiger partial charge >= 0.3 is 6.09 Å². The summed E-state index contributed by atoms with van der Waals surface area (Å²) < 4.78 is 6.10. The first-order valence-electron chi connectivity index (χ1n) is 10.1. The third kappa shape index (κ3) is 8.98. The lowest BCUT2D eigenvalue weighted by Crippen LogP contribution is -2.46. The molecule has 0 unspecified atom stereocenters. The third-order valence-corrected chi connectivity index (χ3v) is 4.95. The number of hydrogen-bond donors (Lipinski definition) is 2. The number of piperidine rings is 1. The highest BCUT2D eigenvalue weighted by molar-refractivity contribution is 9.10. The van der Waals surface area contributed by atoms with Gasteiger partial charge in [0.25, 0.3) is 0 Å². The van der Waals surface area contributed by atoms with Crippen molar-refractivity contribution in [2.45, 2.75) is 51.7 Å². The molecule has 0 spiro atoms. The number of carbonyl (C=O) groups is 3. The monoisotopic (exact) mass is 479 g/mol. The average Bonchev–Trinajstić information content (AvgIpc) is 2.65. The van der Waals surface area contributed by atoms with E-state index < -0.39 is 11.7 Å². The summed E-state index contributed by atoms with van der Waals surface area (Å²) in [5.74, 6) is -0.147. The summed E-state index contributed by atoms with van der Waals surface area (Å²) in [5, 5.41) is 5.55. The Kier molecular flexibility index (Phi) is 8.89. The zero-order chi connectivity index (χ0) is 22.1. The lowest BCUT2D eigenvalue weighted by atomic mass is 10.0. The zero-order valence-electron chi connectivity index (χ0n) is 17.7. The van der Waals surface area contributed by atoms with Gasteiger partial charge in [-0.05, 0) is 57.4 Å². The first kappa shape index (κ1) is 23.9. The summed E-state index contributed by atoms with van der Waals surface area (Å²) in [7, 11) is 0. The maximum atomic E-state index is 12.4.